The van der Waals surface area contributed by atoms with Crippen molar-refractivity contribution in [1.82, 2.24) is 19.9 Å². The Labute approximate surface area is 335 Å². The Morgan fingerprint density at radius 1 is 0.982 bits per heavy atom. The first-order chi connectivity index (χ1) is 27.9. The van der Waals surface area contributed by atoms with Gasteiger partial charge in [-0.15, -0.1) is 5.54 Å². The highest BCUT2D eigenvalue weighted by Gasteiger charge is 2.55. The first-order valence-corrected chi connectivity index (χ1v) is 22.7. The molecule has 3 saturated heterocycles. The van der Waals surface area contributed by atoms with Crippen LogP contribution in [0.1, 0.15) is 94.8 Å². The predicted molar refractivity (Wildman–Crippen MR) is 219 cm³/mol. The van der Waals surface area contributed by atoms with E-state index in [0.717, 1.165) is 25.3 Å². The number of pyridine rings is 1. The van der Waals surface area contributed by atoms with Gasteiger partial charge in [0.25, 0.3) is 0 Å². The molecule has 0 radical (unpaired) electrons. The molecule has 1 aliphatic carbocycles. The van der Waals surface area contributed by atoms with E-state index in [0.29, 0.717) is 32.4 Å². The molecule has 2 aromatic heterocycles. The minimum atomic E-state index is -2.48. The zero-order chi connectivity index (χ0) is 42.3. The number of halogens is 5. The zero-order valence-electron chi connectivity index (χ0n) is 35.5. The Hall–Kier alpha value is -4.02. The molecule has 4 aromatic rings. The molecule has 3 aliphatic heterocycles. The van der Waals surface area contributed by atoms with Crippen LogP contribution in [0.3, 0.4) is 0 Å². The van der Waals surface area contributed by atoms with Crippen LogP contribution in [0.5, 0.6) is 6.01 Å². The summed E-state index contributed by atoms with van der Waals surface area (Å²) < 4.78 is 104. The van der Waals surface area contributed by atoms with Gasteiger partial charge in [0.05, 0.1) is 25.3 Å². The molecule has 4 aliphatic rings. The molecule has 2 aromatic carbocycles. The maximum atomic E-state index is 17.6. The Morgan fingerprint density at radius 2 is 1.74 bits per heavy atom. The van der Waals surface area contributed by atoms with E-state index in [9.17, 15) is 7.13 Å². The number of fused-ring (bicyclic) bond motifs is 4. The van der Waals surface area contributed by atoms with E-state index in [1.807, 2.05) is 0 Å². The Balaban J connectivity index is 1.34. The topological polar surface area (TPSA) is 80.4 Å². The minimum absolute atomic E-state index is 0.0595. The number of anilines is 2. The Bertz CT molecular complexity index is 2350. The van der Waals surface area contributed by atoms with Gasteiger partial charge in [-0.1, -0.05) is 60.3 Å². The molecule has 304 valence electrons. The second-order valence-electron chi connectivity index (χ2n) is 17.6. The summed E-state index contributed by atoms with van der Waals surface area (Å²) in [5.41, 5.74) is 8.55. The third-order valence-electron chi connectivity index (χ3n) is 13.4. The summed E-state index contributed by atoms with van der Waals surface area (Å²) in [6.07, 6.45) is 3.08. The smallest absolute Gasteiger partial charge is 0.319 e. The van der Waals surface area contributed by atoms with E-state index in [2.05, 4.69) is 68.0 Å². The average Bonchev–Trinajstić information content (AvgIpc) is 3.40. The first-order valence-electron chi connectivity index (χ1n) is 21.5. The quantitative estimate of drug-likeness (QED) is 0.0822. The van der Waals surface area contributed by atoms with Crippen molar-refractivity contribution in [3.8, 4) is 28.7 Å². The van der Waals surface area contributed by atoms with E-state index in [4.69, 9.17) is 10.5 Å². The molecule has 0 bridgehead atoms. The highest BCUT2D eigenvalue weighted by Crippen LogP contribution is 2.48. The lowest BCUT2D eigenvalue weighted by Gasteiger charge is -2.38. The maximum Gasteiger partial charge on any atom is 0.319 e. The third kappa shape index (κ3) is 6.72. The molecular weight excluding hydrogens is 752 g/mol. The average molecular weight is 807 g/mol. The molecule has 4 fully saturated rings. The van der Waals surface area contributed by atoms with Crippen molar-refractivity contribution in [3.63, 3.8) is 0 Å². The third-order valence-corrected chi connectivity index (χ3v) is 19.6. The second kappa shape index (κ2) is 15.0. The molecule has 1 saturated carbocycles. The van der Waals surface area contributed by atoms with Crippen LogP contribution in [0, 0.1) is 34.8 Å². The van der Waals surface area contributed by atoms with Gasteiger partial charge < -0.3 is 15.4 Å². The van der Waals surface area contributed by atoms with Crippen LogP contribution in [0.2, 0.25) is 16.6 Å². The monoisotopic (exact) mass is 806 g/mol. The number of nitrogens with two attached hydrogens (primary N) is 1. The van der Waals surface area contributed by atoms with Crippen molar-refractivity contribution in [2.24, 2.45) is 5.92 Å². The van der Waals surface area contributed by atoms with Gasteiger partial charge in [0, 0.05) is 48.3 Å². The highest BCUT2D eigenvalue weighted by atomic mass is 28.3. The van der Waals surface area contributed by atoms with Crippen LogP contribution in [-0.2, 0) is 0 Å². The molecule has 7 nitrogen and oxygen atoms in total. The number of nitrogen functional groups attached to an aromatic ring is 1. The van der Waals surface area contributed by atoms with E-state index in [-0.39, 0.29) is 85.5 Å². The number of hydrogen-bond donors (Lipinski definition) is 1. The van der Waals surface area contributed by atoms with E-state index >= 15 is 17.6 Å². The number of nitrogens with zero attached hydrogens (tertiary/aromatic N) is 5. The largest absolute Gasteiger partial charge is 0.461 e. The normalized spacial score (nSPS) is 26.0. The molecule has 2 N–H and O–H groups in total. The lowest BCUT2D eigenvalue weighted by atomic mass is 9.95. The summed E-state index contributed by atoms with van der Waals surface area (Å²) in [6, 6.07) is 2.93. The van der Waals surface area contributed by atoms with Gasteiger partial charge in [0.15, 0.2) is 17.5 Å². The molecule has 0 amide bonds. The summed E-state index contributed by atoms with van der Waals surface area (Å²) in [6.45, 7) is 11.2. The van der Waals surface area contributed by atoms with Crippen molar-refractivity contribution >= 4 is 41.3 Å². The zero-order valence-corrected chi connectivity index (χ0v) is 34.5. The predicted octanol–water partition coefficient (Wildman–Crippen LogP) is 10.1. The Morgan fingerprint density at radius 3 is 2.47 bits per heavy atom. The van der Waals surface area contributed by atoms with Crippen molar-refractivity contribution in [3.05, 3.63) is 47.4 Å². The van der Waals surface area contributed by atoms with E-state index in [1.54, 1.807) is 9.80 Å². The van der Waals surface area contributed by atoms with Crippen molar-refractivity contribution in [1.29, 1.82) is 0 Å². The van der Waals surface area contributed by atoms with Gasteiger partial charge in [0.2, 0.25) is 0 Å². The molecule has 57 heavy (non-hydrogen) atoms. The van der Waals surface area contributed by atoms with Crippen molar-refractivity contribution in [2.45, 2.75) is 127 Å². The van der Waals surface area contributed by atoms with Crippen molar-refractivity contribution in [2.75, 3.05) is 36.8 Å². The van der Waals surface area contributed by atoms with E-state index < -0.39 is 62.0 Å². The number of benzene rings is 2. The minimum Gasteiger partial charge on any atom is -0.461 e. The lowest BCUT2D eigenvalue weighted by Crippen LogP contribution is -2.43. The molecule has 5 heterocycles. The van der Waals surface area contributed by atoms with Crippen molar-refractivity contribution < 1.29 is 29.4 Å². The van der Waals surface area contributed by atoms with Crippen LogP contribution in [0.4, 0.5) is 33.5 Å². The summed E-state index contributed by atoms with van der Waals surface area (Å²) >= 11 is 0. The highest BCUT2D eigenvalue weighted by molar-refractivity contribution is 6.90. The van der Waals surface area contributed by atoms with Gasteiger partial charge in [-0.05, 0) is 72.4 Å². The summed E-state index contributed by atoms with van der Waals surface area (Å²) in [5, 5.41) is 0.480. The number of aromatic nitrogens is 3. The molecule has 5 atom stereocenters. The fraction of sp³-hybridized carbons (Fsp3) is 0.568. The van der Waals surface area contributed by atoms with Gasteiger partial charge in [-0.3, -0.25) is 9.88 Å². The molecular formula is C44H53F5N6OSi. The number of alkyl halides is 2. The SMILES string of the molecule is [2H]C([2H])(Oc1nc(N2CCCCC[C@H]3[C@H](F)[C@H]32)c2cnc(-c3cc(N)cc4cc(F)c(F)c(C#C[Si](C(C)C)(C(C)C)C(C)C)c34)c(F)c2n1)[C@@]12CCCN1C[C@H](F)C2. The number of rotatable bonds is 8. The number of ether oxygens (including phenoxy) is 1. The van der Waals surface area contributed by atoms with Crippen LogP contribution in [0.15, 0.2) is 24.4 Å². The second-order valence-corrected chi connectivity index (χ2v) is 23.2. The molecule has 13 heteroatoms. The Kier molecular flexibility index (Phi) is 9.79. The first kappa shape index (κ1) is 37.3. The lowest BCUT2D eigenvalue weighted by molar-refractivity contribution is 0.107. The van der Waals surface area contributed by atoms with Gasteiger partial charge in [-0.2, -0.15) is 9.97 Å². The fourth-order valence-corrected chi connectivity index (χ4v) is 15.8. The number of hydrogen-bond acceptors (Lipinski definition) is 7. The molecule has 0 unspecified atom stereocenters. The standard InChI is InChI=1S/C44H53F5N6OSi/c1-24(2)57(25(3)4,26(5)6)16-12-30-35-27(18-34(46)36(30)47)17-29(50)19-32(35)39-38(49)40-33(21-51-39)42(55-15-9-7-8-11-31-37(48)41(31)55)53-43(52-40)56-23-44-13-10-14-54(44)22-28(45)20-44/h17-19,21,24-26,28,31,37,41H,7-11,13-15,20,22-23,50H2,1-6H3/t28-,31+,37+,41+,44+/m1/s1/i23D2. The molecule has 0 spiro atoms. The summed E-state index contributed by atoms with van der Waals surface area (Å²) in [4.78, 5) is 17.3. The van der Waals surface area contributed by atoms with Crippen LogP contribution >= 0.6 is 0 Å². The molecule has 8 rings (SSSR count). The maximum absolute atomic E-state index is 17.6. The summed E-state index contributed by atoms with van der Waals surface area (Å²) in [5.74, 6) is -0.271. The van der Waals surface area contributed by atoms with Crippen LogP contribution in [-0.4, -0.2) is 78.0 Å². The summed E-state index contributed by atoms with van der Waals surface area (Å²) in [7, 11) is -2.46. The van der Waals surface area contributed by atoms with E-state index in [1.165, 1.54) is 18.3 Å². The van der Waals surface area contributed by atoms with Crippen LogP contribution in [0.25, 0.3) is 32.9 Å². The van der Waals surface area contributed by atoms with Gasteiger partial charge in [0.1, 0.15) is 44.0 Å². The van der Waals surface area contributed by atoms with Gasteiger partial charge in [-0.25, -0.2) is 22.0 Å². The van der Waals surface area contributed by atoms with Crippen LogP contribution < -0.4 is 15.4 Å². The van der Waals surface area contributed by atoms with Gasteiger partial charge >= 0.3 is 6.01 Å². The fourth-order valence-electron chi connectivity index (χ4n) is 10.6.